The number of hydrogen-bond acceptors (Lipinski definition) is 3. The van der Waals surface area contributed by atoms with E-state index in [1.807, 2.05) is 36.4 Å². The minimum absolute atomic E-state index is 0.00955. The van der Waals surface area contributed by atoms with Crippen molar-refractivity contribution in [3.63, 3.8) is 0 Å². The average Bonchev–Trinajstić information content (AvgIpc) is 3.17. The summed E-state index contributed by atoms with van der Waals surface area (Å²) in [4.78, 5) is 13.1. The number of rotatable bonds is 5. The van der Waals surface area contributed by atoms with E-state index >= 15 is 0 Å². The van der Waals surface area contributed by atoms with Gasteiger partial charge in [-0.1, -0.05) is 17.7 Å². The summed E-state index contributed by atoms with van der Waals surface area (Å²) in [7, 11) is 0. The van der Waals surface area contributed by atoms with Gasteiger partial charge in [0, 0.05) is 28.7 Å². The van der Waals surface area contributed by atoms with Crippen LogP contribution < -0.4 is 10.6 Å². The van der Waals surface area contributed by atoms with Gasteiger partial charge in [0.2, 0.25) is 0 Å². The second-order valence-electron chi connectivity index (χ2n) is 4.89. The van der Waals surface area contributed by atoms with Crippen molar-refractivity contribution in [2.24, 2.45) is 0 Å². The first-order valence-corrected chi connectivity index (χ1v) is 7.79. The summed E-state index contributed by atoms with van der Waals surface area (Å²) < 4.78 is 0.791. The second kappa shape index (κ2) is 5.85. The molecule has 2 N–H and O–H groups in total. The van der Waals surface area contributed by atoms with Gasteiger partial charge in [-0.15, -0.1) is 11.3 Å². The second-order valence-corrected chi connectivity index (χ2v) is 6.69. The van der Waals surface area contributed by atoms with Crippen LogP contribution in [0, 0.1) is 0 Å². The lowest BCUT2D eigenvalue weighted by atomic mass is 10.2. The van der Waals surface area contributed by atoms with Gasteiger partial charge in [0.05, 0.1) is 4.34 Å². The number of halogens is 1. The molecule has 1 aromatic carbocycles. The van der Waals surface area contributed by atoms with Crippen molar-refractivity contribution in [2.75, 3.05) is 5.32 Å². The van der Waals surface area contributed by atoms with Crippen molar-refractivity contribution >= 4 is 34.5 Å². The smallest absolute Gasteiger partial charge is 0.251 e. The van der Waals surface area contributed by atoms with E-state index in [1.54, 1.807) is 11.3 Å². The highest BCUT2D eigenvalue weighted by Crippen LogP contribution is 2.23. The first kappa shape index (κ1) is 13.5. The number of carbonyl (C=O) groups is 1. The molecule has 1 aliphatic rings. The van der Waals surface area contributed by atoms with Crippen LogP contribution in [0.3, 0.4) is 0 Å². The molecule has 0 atom stereocenters. The van der Waals surface area contributed by atoms with Gasteiger partial charge in [-0.3, -0.25) is 4.79 Å². The van der Waals surface area contributed by atoms with Gasteiger partial charge in [0.1, 0.15) is 0 Å². The third-order valence-electron chi connectivity index (χ3n) is 3.13. The molecule has 1 aromatic heterocycles. The number of anilines is 1. The molecule has 1 saturated carbocycles. The van der Waals surface area contributed by atoms with Crippen LogP contribution in [-0.2, 0) is 6.54 Å². The van der Waals surface area contributed by atoms with Crippen LogP contribution in [0.15, 0.2) is 36.4 Å². The topological polar surface area (TPSA) is 41.1 Å². The lowest BCUT2D eigenvalue weighted by molar-refractivity contribution is 0.0951. The molecule has 2 aromatic rings. The van der Waals surface area contributed by atoms with Crippen molar-refractivity contribution in [3.8, 4) is 0 Å². The predicted molar refractivity (Wildman–Crippen MR) is 83.6 cm³/mol. The van der Waals surface area contributed by atoms with E-state index in [1.165, 1.54) is 4.88 Å². The molecule has 3 nitrogen and oxygen atoms in total. The van der Waals surface area contributed by atoms with Gasteiger partial charge >= 0.3 is 0 Å². The molecule has 1 heterocycles. The zero-order valence-electron chi connectivity index (χ0n) is 10.9. The molecular formula is C15H15ClN2OS. The van der Waals surface area contributed by atoms with E-state index in [9.17, 15) is 4.79 Å². The summed E-state index contributed by atoms with van der Waals surface area (Å²) in [6.45, 7) is 0.713. The molecule has 1 aliphatic carbocycles. The third-order valence-corrected chi connectivity index (χ3v) is 4.36. The summed E-state index contributed by atoms with van der Waals surface area (Å²) in [6.07, 6.45) is 2.20. The van der Waals surface area contributed by atoms with Gasteiger partial charge < -0.3 is 10.6 Å². The largest absolute Gasteiger partial charge is 0.380 e. The molecule has 0 spiro atoms. The number of carbonyl (C=O) groups excluding carboxylic acids is 1. The summed E-state index contributed by atoms with van der Waals surface area (Å²) in [6, 6.07) is 11.9. The predicted octanol–water partition coefficient (Wildman–Crippen LogP) is 3.91. The van der Waals surface area contributed by atoms with E-state index in [0.29, 0.717) is 18.2 Å². The first-order valence-electron chi connectivity index (χ1n) is 6.60. The van der Waals surface area contributed by atoms with E-state index < -0.39 is 0 Å². The van der Waals surface area contributed by atoms with Crippen molar-refractivity contribution in [1.82, 2.24) is 5.32 Å². The molecule has 0 unspecified atom stereocenters. The molecule has 104 valence electrons. The number of hydrogen-bond donors (Lipinski definition) is 2. The molecule has 0 bridgehead atoms. The maximum absolute atomic E-state index is 12.0. The van der Waals surface area contributed by atoms with Crippen molar-refractivity contribution in [2.45, 2.75) is 25.4 Å². The van der Waals surface area contributed by atoms with Gasteiger partial charge in [-0.2, -0.15) is 0 Å². The van der Waals surface area contributed by atoms with E-state index in [4.69, 9.17) is 11.6 Å². The lowest BCUT2D eigenvalue weighted by Gasteiger charge is -2.08. The highest BCUT2D eigenvalue weighted by molar-refractivity contribution is 7.16. The Labute approximate surface area is 127 Å². The quantitative estimate of drug-likeness (QED) is 0.879. The maximum atomic E-state index is 12.0. The summed E-state index contributed by atoms with van der Waals surface area (Å²) in [5, 5.41) is 6.30. The molecule has 1 amide bonds. The van der Waals surface area contributed by atoms with Crippen molar-refractivity contribution in [1.29, 1.82) is 0 Å². The van der Waals surface area contributed by atoms with Crippen LogP contribution in [0.4, 0.5) is 5.69 Å². The summed E-state index contributed by atoms with van der Waals surface area (Å²) >= 11 is 7.46. The highest BCUT2D eigenvalue weighted by atomic mass is 35.5. The third kappa shape index (κ3) is 3.52. The number of benzene rings is 1. The van der Waals surface area contributed by atoms with Gasteiger partial charge in [-0.25, -0.2) is 0 Å². The minimum Gasteiger partial charge on any atom is -0.380 e. The highest BCUT2D eigenvalue weighted by Gasteiger charge is 2.23. The van der Waals surface area contributed by atoms with E-state index in [0.717, 1.165) is 22.9 Å². The average molecular weight is 307 g/mol. The zero-order valence-corrected chi connectivity index (χ0v) is 12.4. The fraction of sp³-hybridized carbons (Fsp3) is 0.267. The van der Waals surface area contributed by atoms with Gasteiger partial charge in [-0.05, 0) is 43.2 Å². The van der Waals surface area contributed by atoms with E-state index in [-0.39, 0.29) is 5.91 Å². The van der Waals surface area contributed by atoms with Crippen LogP contribution >= 0.6 is 22.9 Å². The van der Waals surface area contributed by atoms with E-state index in [2.05, 4.69) is 10.6 Å². The Bertz CT molecular complexity index is 622. The Morgan fingerprint density at radius 2 is 2.15 bits per heavy atom. The van der Waals surface area contributed by atoms with Crippen LogP contribution in [0.25, 0.3) is 0 Å². The number of nitrogens with one attached hydrogen (secondary N) is 2. The van der Waals surface area contributed by atoms with Crippen LogP contribution in [0.1, 0.15) is 28.1 Å². The molecule has 3 rings (SSSR count). The Morgan fingerprint density at radius 3 is 2.85 bits per heavy atom. The van der Waals surface area contributed by atoms with Gasteiger partial charge in [0.25, 0.3) is 5.91 Å². The van der Waals surface area contributed by atoms with Crippen LogP contribution in [-0.4, -0.2) is 11.9 Å². The molecule has 20 heavy (non-hydrogen) atoms. The maximum Gasteiger partial charge on any atom is 0.251 e. The number of amides is 1. The Balaban J connectivity index is 1.62. The summed E-state index contributed by atoms with van der Waals surface area (Å²) in [5.41, 5.74) is 1.64. The standard InChI is InChI=1S/C15H15ClN2OS/c16-14-7-6-13(20-14)9-17-12-3-1-2-10(8-12)15(19)18-11-4-5-11/h1-3,6-8,11,17H,4-5,9H2,(H,18,19). The Hall–Kier alpha value is -1.52. The zero-order chi connectivity index (χ0) is 13.9. The molecular weight excluding hydrogens is 292 g/mol. The van der Waals surface area contributed by atoms with Gasteiger partial charge in [0.15, 0.2) is 0 Å². The number of thiophene rings is 1. The molecule has 0 aliphatic heterocycles. The fourth-order valence-electron chi connectivity index (χ4n) is 1.90. The van der Waals surface area contributed by atoms with Crippen molar-refractivity contribution < 1.29 is 4.79 Å². The first-order chi connectivity index (χ1) is 9.70. The SMILES string of the molecule is O=C(NC1CC1)c1cccc(NCc2ccc(Cl)s2)c1. The minimum atomic E-state index is 0.00955. The van der Waals surface area contributed by atoms with Crippen molar-refractivity contribution in [3.05, 3.63) is 51.2 Å². The van der Waals surface area contributed by atoms with Crippen LogP contribution in [0.5, 0.6) is 0 Å². The Morgan fingerprint density at radius 1 is 1.30 bits per heavy atom. The normalized spacial score (nSPS) is 14.1. The van der Waals surface area contributed by atoms with Crippen LogP contribution in [0.2, 0.25) is 4.34 Å². The molecule has 1 fully saturated rings. The Kier molecular flexibility index (Phi) is 3.94. The fourth-order valence-corrected chi connectivity index (χ4v) is 2.93. The molecule has 0 radical (unpaired) electrons. The molecule has 5 heteroatoms. The monoisotopic (exact) mass is 306 g/mol. The molecule has 0 saturated heterocycles. The summed E-state index contributed by atoms with van der Waals surface area (Å²) in [5.74, 6) is 0.00955. The lowest BCUT2D eigenvalue weighted by Crippen LogP contribution is -2.25.